The SMILES string of the molecule is COc1c(C)c2c(c(OC)c1C/C=C(\C)CCC(=O)Nc1nnc(C(C)C)s1)C(=O)OC2. The number of fused-ring (bicyclic) bond motifs is 1. The lowest BCUT2D eigenvalue weighted by Gasteiger charge is -2.18. The molecule has 1 N–H and O–H groups in total. The fourth-order valence-corrected chi connectivity index (χ4v) is 4.39. The number of cyclic esters (lactones) is 1. The molecule has 1 amide bonds. The number of esters is 1. The zero-order chi connectivity index (χ0) is 23.4. The van der Waals surface area contributed by atoms with Gasteiger partial charge in [0.2, 0.25) is 11.0 Å². The molecule has 0 fully saturated rings. The van der Waals surface area contributed by atoms with Gasteiger partial charge in [0.1, 0.15) is 28.7 Å². The highest BCUT2D eigenvalue weighted by Crippen LogP contribution is 2.42. The summed E-state index contributed by atoms with van der Waals surface area (Å²) >= 11 is 1.40. The van der Waals surface area contributed by atoms with E-state index in [1.165, 1.54) is 11.3 Å². The molecule has 0 atom stereocenters. The van der Waals surface area contributed by atoms with Crippen LogP contribution < -0.4 is 14.8 Å². The van der Waals surface area contributed by atoms with Crippen LogP contribution in [-0.2, 0) is 22.6 Å². The summed E-state index contributed by atoms with van der Waals surface area (Å²) in [5, 5.41) is 12.3. The minimum Gasteiger partial charge on any atom is -0.496 e. The number of amides is 1. The number of carbonyl (C=O) groups is 2. The van der Waals surface area contributed by atoms with E-state index in [9.17, 15) is 9.59 Å². The van der Waals surface area contributed by atoms with Crippen LogP contribution in [0.5, 0.6) is 11.5 Å². The van der Waals surface area contributed by atoms with Crippen LogP contribution in [0.3, 0.4) is 0 Å². The average molecular weight is 460 g/mol. The van der Waals surface area contributed by atoms with Crippen LogP contribution >= 0.6 is 11.3 Å². The van der Waals surface area contributed by atoms with E-state index >= 15 is 0 Å². The Morgan fingerprint density at radius 1 is 1.22 bits per heavy atom. The van der Waals surface area contributed by atoms with Crippen LogP contribution in [0.25, 0.3) is 0 Å². The molecule has 9 heteroatoms. The summed E-state index contributed by atoms with van der Waals surface area (Å²) in [6.07, 6.45) is 3.47. The van der Waals surface area contributed by atoms with Gasteiger partial charge in [0, 0.05) is 23.5 Å². The molecule has 2 aromatic rings. The van der Waals surface area contributed by atoms with Crippen molar-refractivity contribution in [3.63, 3.8) is 0 Å². The first-order valence-corrected chi connectivity index (χ1v) is 11.3. The summed E-state index contributed by atoms with van der Waals surface area (Å²) in [5.74, 6) is 0.984. The molecular weight excluding hydrogens is 430 g/mol. The van der Waals surface area contributed by atoms with Crippen molar-refractivity contribution in [1.29, 1.82) is 0 Å². The zero-order valence-corrected chi connectivity index (χ0v) is 20.1. The van der Waals surface area contributed by atoms with Crippen molar-refractivity contribution in [2.24, 2.45) is 0 Å². The Kier molecular flexibility index (Phi) is 7.50. The predicted octanol–water partition coefficient (Wildman–Crippen LogP) is 4.57. The Hall–Kier alpha value is -2.94. The third-order valence-electron chi connectivity index (χ3n) is 5.41. The summed E-state index contributed by atoms with van der Waals surface area (Å²) in [6.45, 7) is 8.19. The second-order valence-corrected chi connectivity index (χ2v) is 9.01. The molecule has 0 saturated carbocycles. The quantitative estimate of drug-likeness (QED) is 0.433. The molecule has 0 spiro atoms. The van der Waals surface area contributed by atoms with Gasteiger partial charge < -0.3 is 19.5 Å². The number of hydrogen-bond acceptors (Lipinski definition) is 8. The fraction of sp³-hybridized carbons (Fsp3) is 0.478. The van der Waals surface area contributed by atoms with Crippen molar-refractivity contribution in [2.75, 3.05) is 19.5 Å². The maximum absolute atomic E-state index is 12.3. The smallest absolute Gasteiger partial charge is 0.342 e. The summed E-state index contributed by atoms with van der Waals surface area (Å²) in [6, 6.07) is 0. The number of allylic oxidation sites excluding steroid dienone is 2. The van der Waals surface area contributed by atoms with Crippen molar-refractivity contribution >= 4 is 28.3 Å². The van der Waals surface area contributed by atoms with Gasteiger partial charge in [0.15, 0.2) is 0 Å². The molecule has 1 aliphatic heterocycles. The molecule has 0 bridgehead atoms. The summed E-state index contributed by atoms with van der Waals surface area (Å²) in [5.41, 5.74) is 4.01. The highest BCUT2D eigenvalue weighted by atomic mass is 32.1. The molecular formula is C23H29N3O5S. The Bertz CT molecular complexity index is 1060. The largest absolute Gasteiger partial charge is 0.496 e. The van der Waals surface area contributed by atoms with Crippen molar-refractivity contribution in [3.05, 3.63) is 38.9 Å². The van der Waals surface area contributed by atoms with Gasteiger partial charge in [-0.05, 0) is 32.3 Å². The standard InChI is InChI=1S/C23H29N3O5S/c1-12(2)21-25-26-23(32-21)24-17(27)10-8-13(3)7-9-15-19(29-5)14(4)16-11-31-22(28)18(16)20(15)30-6/h7,12H,8-11H2,1-6H3,(H,24,26,27)/b13-7+. The minimum absolute atomic E-state index is 0.101. The summed E-state index contributed by atoms with van der Waals surface area (Å²) < 4.78 is 16.4. The zero-order valence-electron chi connectivity index (χ0n) is 19.3. The molecule has 0 saturated heterocycles. The number of anilines is 1. The van der Waals surface area contributed by atoms with Gasteiger partial charge in [-0.15, -0.1) is 10.2 Å². The van der Waals surface area contributed by atoms with Crippen LogP contribution in [-0.4, -0.2) is 36.3 Å². The third kappa shape index (κ3) is 4.93. The lowest BCUT2D eigenvalue weighted by Crippen LogP contribution is -2.11. The number of hydrogen-bond donors (Lipinski definition) is 1. The second-order valence-electron chi connectivity index (χ2n) is 8.00. The van der Waals surface area contributed by atoms with Crippen molar-refractivity contribution in [1.82, 2.24) is 10.2 Å². The fourth-order valence-electron chi connectivity index (χ4n) is 3.62. The summed E-state index contributed by atoms with van der Waals surface area (Å²) in [7, 11) is 3.15. The highest BCUT2D eigenvalue weighted by molar-refractivity contribution is 7.15. The number of rotatable bonds is 9. The van der Waals surface area contributed by atoms with Crippen LogP contribution in [0.4, 0.5) is 5.13 Å². The topological polar surface area (TPSA) is 99.6 Å². The molecule has 3 rings (SSSR count). The first kappa shape index (κ1) is 23.7. The number of benzene rings is 1. The van der Waals surface area contributed by atoms with E-state index in [1.807, 2.05) is 33.8 Å². The van der Waals surface area contributed by atoms with Gasteiger partial charge in [-0.3, -0.25) is 4.79 Å². The first-order valence-electron chi connectivity index (χ1n) is 10.5. The predicted molar refractivity (Wildman–Crippen MR) is 123 cm³/mol. The van der Waals surface area contributed by atoms with Gasteiger partial charge in [-0.25, -0.2) is 4.79 Å². The molecule has 32 heavy (non-hydrogen) atoms. The maximum atomic E-state index is 12.3. The van der Waals surface area contributed by atoms with Gasteiger partial charge in [-0.2, -0.15) is 0 Å². The Morgan fingerprint density at radius 2 is 1.94 bits per heavy atom. The molecule has 0 unspecified atom stereocenters. The van der Waals surface area contributed by atoms with Crippen molar-refractivity contribution in [2.45, 2.75) is 59.5 Å². The minimum atomic E-state index is -0.376. The van der Waals surface area contributed by atoms with Gasteiger partial charge in [0.25, 0.3) is 0 Å². The van der Waals surface area contributed by atoms with Gasteiger partial charge >= 0.3 is 5.97 Å². The number of ether oxygens (including phenoxy) is 3. The first-order chi connectivity index (χ1) is 15.3. The number of methoxy groups -OCH3 is 2. The van der Waals surface area contributed by atoms with Gasteiger partial charge in [0.05, 0.1) is 14.2 Å². The second kappa shape index (κ2) is 10.1. The van der Waals surface area contributed by atoms with E-state index in [4.69, 9.17) is 14.2 Å². The van der Waals surface area contributed by atoms with E-state index in [2.05, 4.69) is 15.5 Å². The lowest BCUT2D eigenvalue weighted by molar-refractivity contribution is -0.116. The number of carbonyl (C=O) groups excluding carboxylic acids is 2. The van der Waals surface area contributed by atoms with Crippen LogP contribution in [0, 0.1) is 6.92 Å². The van der Waals surface area contributed by atoms with Crippen LogP contribution in [0.15, 0.2) is 11.6 Å². The van der Waals surface area contributed by atoms with Crippen molar-refractivity contribution in [3.8, 4) is 11.5 Å². The van der Waals surface area contributed by atoms with E-state index in [0.717, 1.165) is 27.3 Å². The average Bonchev–Trinajstić information content (AvgIpc) is 3.38. The van der Waals surface area contributed by atoms with Crippen molar-refractivity contribution < 1.29 is 23.8 Å². The number of nitrogens with one attached hydrogen (secondary N) is 1. The summed E-state index contributed by atoms with van der Waals surface area (Å²) in [4.78, 5) is 24.5. The van der Waals surface area contributed by atoms with Crippen LogP contribution in [0.1, 0.15) is 71.6 Å². The lowest BCUT2D eigenvalue weighted by atomic mass is 9.94. The Morgan fingerprint density at radius 3 is 2.56 bits per heavy atom. The van der Waals surface area contributed by atoms with E-state index in [1.54, 1.807) is 14.2 Å². The van der Waals surface area contributed by atoms with E-state index in [-0.39, 0.29) is 24.4 Å². The Balaban J connectivity index is 1.69. The molecule has 0 radical (unpaired) electrons. The molecule has 0 aliphatic carbocycles. The molecule has 1 aliphatic rings. The Labute approximate surface area is 192 Å². The van der Waals surface area contributed by atoms with E-state index < -0.39 is 0 Å². The molecule has 172 valence electrons. The monoisotopic (exact) mass is 459 g/mol. The number of aromatic nitrogens is 2. The van der Waals surface area contributed by atoms with E-state index in [0.29, 0.717) is 41.5 Å². The molecule has 8 nitrogen and oxygen atoms in total. The molecule has 1 aromatic carbocycles. The van der Waals surface area contributed by atoms with Gasteiger partial charge in [-0.1, -0.05) is 36.8 Å². The maximum Gasteiger partial charge on any atom is 0.342 e. The third-order valence-corrected chi connectivity index (χ3v) is 6.55. The van der Waals surface area contributed by atoms with Crippen LogP contribution in [0.2, 0.25) is 0 Å². The normalized spacial score (nSPS) is 13.2. The highest BCUT2D eigenvalue weighted by Gasteiger charge is 2.32. The number of nitrogens with zero attached hydrogens (tertiary/aromatic N) is 2. The molecule has 1 aromatic heterocycles. The molecule has 2 heterocycles.